The third-order valence-electron chi connectivity index (χ3n) is 2.13. The Morgan fingerprint density at radius 2 is 2.00 bits per heavy atom. The van der Waals surface area contributed by atoms with Crippen LogP contribution in [0.5, 0.6) is 0 Å². The van der Waals surface area contributed by atoms with Crippen LogP contribution in [0.4, 0.5) is 18.9 Å². The lowest BCUT2D eigenvalue weighted by Gasteiger charge is -2.06. The number of hydrogen-bond donors (Lipinski definition) is 2. The summed E-state index contributed by atoms with van der Waals surface area (Å²) in [7, 11) is 0. The summed E-state index contributed by atoms with van der Waals surface area (Å²) in [5.74, 6) is -4.70. The van der Waals surface area contributed by atoms with E-state index >= 15 is 0 Å². The lowest BCUT2D eigenvalue weighted by Crippen LogP contribution is -2.86. The number of carbonyl (C=O) groups is 1. The predicted octanol–water partition coefficient (Wildman–Crippen LogP) is 1.02. The highest BCUT2D eigenvalue weighted by molar-refractivity contribution is 5.91. The molecule has 3 nitrogen and oxygen atoms in total. The van der Waals surface area contributed by atoms with E-state index in [0.717, 1.165) is 25.1 Å². The summed E-state index contributed by atoms with van der Waals surface area (Å²) in [6.45, 7) is 2.85. The van der Waals surface area contributed by atoms with Crippen LogP contribution in [0.3, 0.4) is 0 Å². The number of carbonyl (C=O) groups excluding carboxylic acids is 1. The molecule has 0 saturated heterocycles. The molecule has 0 fully saturated rings. The van der Waals surface area contributed by atoms with Gasteiger partial charge in [0.1, 0.15) is 0 Å². The van der Waals surface area contributed by atoms with Gasteiger partial charge >= 0.3 is 0 Å². The van der Waals surface area contributed by atoms with Crippen LogP contribution in [0.15, 0.2) is 12.1 Å². The summed E-state index contributed by atoms with van der Waals surface area (Å²) >= 11 is 0. The minimum atomic E-state index is -1.58. The van der Waals surface area contributed by atoms with Crippen molar-refractivity contribution in [1.82, 2.24) is 0 Å². The number of halogens is 3. The number of nitrogens with one attached hydrogen (secondary N) is 1. The Bertz CT molecular complexity index is 410. The lowest BCUT2D eigenvalue weighted by atomic mass is 10.2. The molecule has 0 aliphatic rings. The smallest absolute Gasteiger partial charge is 0.279 e. The molecule has 0 saturated carbocycles. The molecule has 94 valence electrons. The van der Waals surface area contributed by atoms with E-state index in [0.29, 0.717) is 0 Å². The van der Waals surface area contributed by atoms with Crippen molar-refractivity contribution in [3.05, 3.63) is 29.6 Å². The first-order valence-electron chi connectivity index (χ1n) is 5.31. The zero-order chi connectivity index (χ0) is 12.8. The summed E-state index contributed by atoms with van der Waals surface area (Å²) in [6, 6.07) is 1.76. The van der Waals surface area contributed by atoms with Gasteiger partial charge in [-0.2, -0.15) is 0 Å². The summed E-state index contributed by atoms with van der Waals surface area (Å²) in [6.07, 6.45) is 0.910. The summed E-state index contributed by atoms with van der Waals surface area (Å²) in [5, 5.41) is 3.93. The zero-order valence-electron chi connectivity index (χ0n) is 9.40. The Morgan fingerprint density at radius 1 is 1.29 bits per heavy atom. The SMILES string of the molecule is CCC[NH2+]CC(=O)Nc1ccc(F)c(F)c1F. The van der Waals surface area contributed by atoms with Crippen LogP contribution in [0.1, 0.15) is 13.3 Å². The molecule has 0 spiro atoms. The molecule has 3 N–H and O–H groups in total. The van der Waals surface area contributed by atoms with Crippen LogP contribution in [0.2, 0.25) is 0 Å². The van der Waals surface area contributed by atoms with E-state index in [9.17, 15) is 18.0 Å². The van der Waals surface area contributed by atoms with Crippen molar-refractivity contribution in [2.45, 2.75) is 13.3 Å². The molecule has 0 bridgehead atoms. The van der Waals surface area contributed by atoms with Crippen molar-refractivity contribution in [2.24, 2.45) is 0 Å². The van der Waals surface area contributed by atoms with Crippen molar-refractivity contribution < 1.29 is 23.3 Å². The van der Waals surface area contributed by atoms with E-state index in [2.05, 4.69) is 5.32 Å². The Morgan fingerprint density at radius 3 is 2.65 bits per heavy atom. The van der Waals surface area contributed by atoms with Crippen molar-refractivity contribution in [2.75, 3.05) is 18.4 Å². The van der Waals surface area contributed by atoms with E-state index in [1.54, 1.807) is 5.32 Å². The van der Waals surface area contributed by atoms with E-state index < -0.39 is 23.4 Å². The van der Waals surface area contributed by atoms with Gasteiger partial charge in [-0.1, -0.05) is 6.92 Å². The van der Waals surface area contributed by atoms with Gasteiger partial charge in [0.2, 0.25) is 0 Å². The monoisotopic (exact) mass is 247 g/mol. The first-order valence-corrected chi connectivity index (χ1v) is 5.31. The summed E-state index contributed by atoms with van der Waals surface area (Å²) in [4.78, 5) is 11.3. The maximum Gasteiger partial charge on any atom is 0.279 e. The normalized spacial score (nSPS) is 10.4. The molecule has 0 heterocycles. The number of anilines is 1. The number of benzene rings is 1. The lowest BCUT2D eigenvalue weighted by molar-refractivity contribution is -0.643. The minimum absolute atomic E-state index is 0.117. The molecule has 6 heteroatoms. The van der Waals surface area contributed by atoms with Gasteiger partial charge in [0.25, 0.3) is 5.91 Å². The molecular formula is C11H14F3N2O+. The number of amides is 1. The van der Waals surface area contributed by atoms with Crippen LogP contribution in [0.25, 0.3) is 0 Å². The topological polar surface area (TPSA) is 45.7 Å². The van der Waals surface area contributed by atoms with E-state index in [-0.39, 0.29) is 12.2 Å². The fraction of sp³-hybridized carbons (Fsp3) is 0.364. The molecule has 17 heavy (non-hydrogen) atoms. The molecule has 1 amide bonds. The molecule has 1 rings (SSSR count). The van der Waals surface area contributed by atoms with Gasteiger partial charge in [-0.3, -0.25) is 4.79 Å². The largest absolute Gasteiger partial charge is 0.338 e. The van der Waals surface area contributed by atoms with Crippen molar-refractivity contribution in [3.8, 4) is 0 Å². The molecule has 0 aliphatic carbocycles. The van der Waals surface area contributed by atoms with Gasteiger partial charge < -0.3 is 10.6 Å². The number of quaternary nitrogens is 1. The van der Waals surface area contributed by atoms with Crippen LogP contribution >= 0.6 is 0 Å². The quantitative estimate of drug-likeness (QED) is 0.592. The third-order valence-corrected chi connectivity index (χ3v) is 2.13. The third kappa shape index (κ3) is 3.74. The molecule has 0 unspecified atom stereocenters. The van der Waals surface area contributed by atoms with Crippen LogP contribution < -0.4 is 10.6 Å². The van der Waals surface area contributed by atoms with Gasteiger partial charge in [-0.25, -0.2) is 13.2 Å². The van der Waals surface area contributed by atoms with Gasteiger partial charge in [0, 0.05) is 0 Å². The molecule has 1 aromatic carbocycles. The second-order valence-corrected chi connectivity index (χ2v) is 3.55. The average Bonchev–Trinajstić information content (AvgIpc) is 2.30. The molecule has 0 aliphatic heterocycles. The average molecular weight is 247 g/mol. The van der Waals surface area contributed by atoms with Crippen LogP contribution in [-0.2, 0) is 4.79 Å². The predicted molar refractivity (Wildman–Crippen MR) is 56.9 cm³/mol. The fourth-order valence-electron chi connectivity index (χ4n) is 1.26. The second kappa shape index (κ2) is 6.24. The van der Waals surface area contributed by atoms with E-state index in [1.807, 2.05) is 6.92 Å². The Kier molecular flexibility index (Phi) is 4.96. The van der Waals surface area contributed by atoms with Gasteiger partial charge in [-0.05, 0) is 18.6 Å². The van der Waals surface area contributed by atoms with Gasteiger partial charge in [-0.15, -0.1) is 0 Å². The van der Waals surface area contributed by atoms with E-state index in [1.165, 1.54) is 0 Å². The maximum atomic E-state index is 13.2. The Balaban J connectivity index is 2.63. The maximum absolute atomic E-state index is 13.2. The van der Waals surface area contributed by atoms with Gasteiger partial charge in [0.15, 0.2) is 24.0 Å². The standard InChI is InChI=1S/C11H13F3N2O/c1-2-5-15-6-9(17)16-8-4-3-7(12)10(13)11(8)14/h3-4,15H,2,5-6H2,1H3,(H,16,17)/p+1. The fourth-order valence-corrected chi connectivity index (χ4v) is 1.26. The molecular weight excluding hydrogens is 233 g/mol. The van der Waals surface area contributed by atoms with Crippen molar-refractivity contribution in [3.63, 3.8) is 0 Å². The van der Waals surface area contributed by atoms with Gasteiger partial charge in [0.05, 0.1) is 12.2 Å². The highest BCUT2D eigenvalue weighted by Crippen LogP contribution is 2.19. The van der Waals surface area contributed by atoms with Crippen LogP contribution in [-0.4, -0.2) is 19.0 Å². The zero-order valence-corrected chi connectivity index (χ0v) is 9.40. The summed E-state index contributed by atoms with van der Waals surface area (Å²) < 4.78 is 38.6. The van der Waals surface area contributed by atoms with Crippen molar-refractivity contribution >= 4 is 11.6 Å². The van der Waals surface area contributed by atoms with E-state index in [4.69, 9.17) is 0 Å². The number of hydrogen-bond acceptors (Lipinski definition) is 1. The molecule has 0 atom stereocenters. The summed E-state index contributed by atoms with van der Waals surface area (Å²) in [5.41, 5.74) is -0.348. The molecule has 1 aromatic rings. The first-order chi connectivity index (χ1) is 8.06. The van der Waals surface area contributed by atoms with Crippen molar-refractivity contribution in [1.29, 1.82) is 0 Å². The number of rotatable bonds is 5. The Hall–Kier alpha value is -1.56. The molecule has 0 aromatic heterocycles. The minimum Gasteiger partial charge on any atom is -0.338 e. The highest BCUT2D eigenvalue weighted by Gasteiger charge is 2.15. The highest BCUT2D eigenvalue weighted by atomic mass is 19.2. The Labute approximate surface area is 97.0 Å². The number of nitrogens with two attached hydrogens (primary N) is 1. The first kappa shape index (κ1) is 13.5. The second-order valence-electron chi connectivity index (χ2n) is 3.55. The molecule has 0 radical (unpaired) electrons. The van der Waals surface area contributed by atoms with Crippen LogP contribution in [0, 0.1) is 17.5 Å².